The summed E-state index contributed by atoms with van der Waals surface area (Å²) < 4.78 is 0. The molecule has 0 radical (unpaired) electrons. The lowest BCUT2D eigenvalue weighted by Gasteiger charge is -2.09. The summed E-state index contributed by atoms with van der Waals surface area (Å²) in [6, 6.07) is 0. The van der Waals surface area contributed by atoms with Gasteiger partial charge in [0, 0.05) is 6.54 Å². The second kappa shape index (κ2) is 4.13. The highest BCUT2D eigenvalue weighted by atomic mass is 16.1. The molecule has 0 saturated carbocycles. The second-order valence-corrected chi connectivity index (χ2v) is 2.81. The molecule has 0 spiro atoms. The molecule has 1 aliphatic rings. The Balaban J connectivity index is 2.15. The standard InChI is InChI=1S/C8H14N2O/c9-8(11)4-3-7-10-5-1-2-6-10/h3-4H,1-2,5-7H2,(H2,9,11). The highest BCUT2D eigenvalue weighted by Crippen LogP contribution is 2.05. The number of amides is 1. The molecule has 0 aromatic rings. The Labute approximate surface area is 66.9 Å². The molecule has 3 heteroatoms. The molecule has 1 fully saturated rings. The summed E-state index contributed by atoms with van der Waals surface area (Å²) >= 11 is 0. The zero-order valence-corrected chi connectivity index (χ0v) is 6.62. The average Bonchev–Trinajstić information content (AvgIpc) is 2.39. The van der Waals surface area contributed by atoms with Gasteiger partial charge in [0.25, 0.3) is 0 Å². The minimum atomic E-state index is -0.357. The van der Waals surface area contributed by atoms with Gasteiger partial charge in [-0.25, -0.2) is 0 Å². The largest absolute Gasteiger partial charge is 0.366 e. The van der Waals surface area contributed by atoms with Gasteiger partial charge < -0.3 is 5.73 Å². The summed E-state index contributed by atoms with van der Waals surface area (Å²) in [5, 5.41) is 0. The Morgan fingerprint density at radius 3 is 2.64 bits per heavy atom. The molecule has 0 unspecified atom stereocenters. The number of carbonyl (C=O) groups excluding carboxylic acids is 1. The molecular formula is C8H14N2O. The van der Waals surface area contributed by atoms with Crippen LogP contribution in [0.25, 0.3) is 0 Å². The van der Waals surface area contributed by atoms with E-state index in [0.29, 0.717) is 0 Å². The van der Waals surface area contributed by atoms with Crippen molar-refractivity contribution in [2.75, 3.05) is 19.6 Å². The first-order chi connectivity index (χ1) is 5.29. The van der Waals surface area contributed by atoms with Crippen molar-refractivity contribution in [3.63, 3.8) is 0 Å². The molecule has 0 aliphatic carbocycles. The van der Waals surface area contributed by atoms with Crippen LogP contribution in [0.4, 0.5) is 0 Å². The van der Waals surface area contributed by atoms with E-state index in [2.05, 4.69) is 4.90 Å². The van der Waals surface area contributed by atoms with Crippen molar-refractivity contribution in [3.8, 4) is 0 Å². The van der Waals surface area contributed by atoms with E-state index >= 15 is 0 Å². The van der Waals surface area contributed by atoms with Gasteiger partial charge in [0.05, 0.1) is 0 Å². The second-order valence-electron chi connectivity index (χ2n) is 2.81. The van der Waals surface area contributed by atoms with E-state index in [-0.39, 0.29) is 5.91 Å². The Hall–Kier alpha value is -0.830. The number of hydrogen-bond acceptors (Lipinski definition) is 2. The SMILES string of the molecule is NC(=O)C=CCN1CCCC1. The molecule has 11 heavy (non-hydrogen) atoms. The normalized spacial score (nSPS) is 19.6. The quantitative estimate of drug-likeness (QED) is 0.587. The lowest BCUT2D eigenvalue weighted by molar-refractivity contribution is -0.113. The van der Waals surface area contributed by atoms with Crippen LogP contribution in [0, 0.1) is 0 Å². The summed E-state index contributed by atoms with van der Waals surface area (Å²) in [5.41, 5.74) is 4.93. The van der Waals surface area contributed by atoms with Crippen LogP contribution in [-0.4, -0.2) is 30.4 Å². The van der Waals surface area contributed by atoms with Gasteiger partial charge >= 0.3 is 0 Å². The summed E-state index contributed by atoms with van der Waals surface area (Å²) in [5.74, 6) is -0.357. The van der Waals surface area contributed by atoms with Crippen molar-refractivity contribution in [2.45, 2.75) is 12.8 Å². The van der Waals surface area contributed by atoms with Crippen molar-refractivity contribution in [3.05, 3.63) is 12.2 Å². The fraction of sp³-hybridized carbons (Fsp3) is 0.625. The minimum absolute atomic E-state index is 0.357. The van der Waals surface area contributed by atoms with Crippen LogP contribution in [0.15, 0.2) is 12.2 Å². The van der Waals surface area contributed by atoms with E-state index in [4.69, 9.17) is 5.73 Å². The summed E-state index contributed by atoms with van der Waals surface area (Å²) in [7, 11) is 0. The zero-order chi connectivity index (χ0) is 8.10. The van der Waals surface area contributed by atoms with Crippen LogP contribution < -0.4 is 5.73 Å². The van der Waals surface area contributed by atoms with E-state index < -0.39 is 0 Å². The molecule has 0 bridgehead atoms. The van der Waals surface area contributed by atoms with Crippen LogP contribution in [0.3, 0.4) is 0 Å². The Bertz CT molecular complexity index is 159. The number of nitrogens with zero attached hydrogens (tertiary/aromatic N) is 1. The molecule has 0 aromatic heterocycles. The maximum absolute atomic E-state index is 10.3. The van der Waals surface area contributed by atoms with Crippen LogP contribution in [0.5, 0.6) is 0 Å². The highest BCUT2D eigenvalue weighted by Gasteiger charge is 2.08. The zero-order valence-electron chi connectivity index (χ0n) is 6.62. The molecule has 0 aromatic carbocycles. The molecule has 1 amide bonds. The van der Waals surface area contributed by atoms with Crippen molar-refractivity contribution in [1.82, 2.24) is 4.90 Å². The summed E-state index contributed by atoms with van der Waals surface area (Å²) in [4.78, 5) is 12.6. The lowest BCUT2D eigenvalue weighted by Crippen LogP contribution is -2.19. The monoisotopic (exact) mass is 154 g/mol. The van der Waals surface area contributed by atoms with Gasteiger partial charge in [-0.05, 0) is 32.0 Å². The lowest BCUT2D eigenvalue weighted by atomic mass is 10.4. The highest BCUT2D eigenvalue weighted by molar-refractivity contribution is 5.85. The fourth-order valence-corrected chi connectivity index (χ4v) is 1.28. The average molecular weight is 154 g/mol. The molecule has 1 rings (SSSR count). The van der Waals surface area contributed by atoms with Gasteiger partial charge in [0.1, 0.15) is 0 Å². The van der Waals surface area contributed by atoms with Gasteiger partial charge in [0.2, 0.25) is 5.91 Å². The van der Waals surface area contributed by atoms with E-state index in [0.717, 1.165) is 19.6 Å². The molecule has 2 N–H and O–H groups in total. The van der Waals surface area contributed by atoms with Crippen LogP contribution >= 0.6 is 0 Å². The molecule has 1 heterocycles. The third kappa shape index (κ3) is 3.18. The van der Waals surface area contributed by atoms with Crippen molar-refractivity contribution >= 4 is 5.91 Å². The van der Waals surface area contributed by atoms with Gasteiger partial charge in [-0.2, -0.15) is 0 Å². The molecule has 0 atom stereocenters. The van der Waals surface area contributed by atoms with Gasteiger partial charge in [-0.1, -0.05) is 6.08 Å². The predicted octanol–water partition coefficient (Wildman–Crippen LogP) is 0.124. The van der Waals surface area contributed by atoms with Crippen LogP contribution in [0.2, 0.25) is 0 Å². The van der Waals surface area contributed by atoms with E-state index in [9.17, 15) is 4.79 Å². The Morgan fingerprint density at radius 2 is 2.09 bits per heavy atom. The summed E-state index contributed by atoms with van der Waals surface area (Å²) in [6.45, 7) is 3.18. The van der Waals surface area contributed by atoms with Crippen molar-refractivity contribution in [1.29, 1.82) is 0 Å². The smallest absolute Gasteiger partial charge is 0.241 e. The number of hydrogen-bond donors (Lipinski definition) is 1. The van der Waals surface area contributed by atoms with Crippen LogP contribution in [-0.2, 0) is 4.79 Å². The van der Waals surface area contributed by atoms with E-state index in [1.54, 1.807) is 0 Å². The van der Waals surface area contributed by atoms with Gasteiger partial charge in [0.15, 0.2) is 0 Å². The topological polar surface area (TPSA) is 46.3 Å². The number of primary amides is 1. The first-order valence-corrected chi connectivity index (χ1v) is 3.97. The minimum Gasteiger partial charge on any atom is -0.366 e. The molecule has 62 valence electrons. The number of rotatable bonds is 3. The third-order valence-electron chi connectivity index (χ3n) is 1.84. The number of carbonyl (C=O) groups is 1. The molecule has 1 aliphatic heterocycles. The van der Waals surface area contributed by atoms with E-state index in [1.807, 2.05) is 6.08 Å². The number of likely N-dealkylation sites (tertiary alicyclic amines) is 1. The molecule has 1 saturated heterocycles. The third-order valence-corrected chi connectivity index (χ3v) is 1.84. The Morgan fingerprint density at radius 1 is 1.45 bits per heavy atom. The first kappa shape index (κ1) is 8.27. The molecule has 3 nitrogen and oxygen atoms in total. The van der Waals surface area contributed by atoms with E-state index in [1.165, 1.54) is 18.9 Å². The van der Waals surface area contributed by atoms with Crippen molar-refractivity contribution < 1.29 is 4.79 Å². The maximum atomic E-state index is 10.3. The van der Waals surface area contributed by atoms with Gasteiger partial charge in [-0.15, -0.1) is 0 Å². The first-order valence-electron chi connectivity index (χ1n) is 3.97. The number of nitrogens with two attached hydrogens (primary N) is 1. The Kier molecular flexibility index (Phi) is 3.11. The predicted molar refractivity (Wildman–Crippen MR) is 44.0 cm³/mol. The fourth-order valence-electron chi connectivity index (χ4n) is 1.28. The van der Waals surface area contributed by atoms with Crippen molar-refractivity contribution in [2.24, 2.45) is 5.73 Å². The van der Waals surface area contributed by atoms with Crippen LogP contribution in [0.1, 0.15) is 12.8 Å². The molecular weight excluding hydrogens is 140 g/mol. The van der Waals surface area contributed by atoms with Gasteiger partial charge in [-0.3, -0.25) is 9.69 Å². The maximum Gasteiger partial charge on any atom is 0.241 e. The summed E-state index contributed by atoms with van der Waals surface area (Å²) in [6.07, 6.45) is 5.82.